The maximum atomic E-state index is 13.0. The van der Waals surface area contributed by atoms with Crippen LogP contribution in [0.15, 0.2) is 74.9 Å². The molecule has 0 aliphatic carbocycles. The summed E-state index contributed by atoms with van der Waals surface area (Å²) in [6.45, 7) is 3.64. The van der Waals surface area contributed by atoms with Crippen molar-refractivity contribution in [2.45, 2.75) is 19.8 Å². The van der Waals surface area contributed by atoms with Crippen molar-refractivity contribution in [3.05, 3.63) is 104 Å². The first-order valence-electron chi connectivity index (χ1n) is 10.6. The summed E-state index contributed by atoms with van der Waals surface area (Å²) >= 11 is 9.66. The van der Waals surface area contributed by atoms with Crippen molar-refractivity contribution < 1.29 is 18.7 Å². The van der Waals surface area contributed by atoms with Crippen LogP contribution < -0.4 is 15.2 Å². The quantitative estimate of drug-likeness (QED) is 0.220. The molecule has 1 atom stereocenters. The largest absolute Gasteiger partial charge is 0.449 e. The fourth-order valence-electron chi connectivity index (χ4n) is 4.19. The number of benzene rings is 3. The number of hydrogen-bond acceptors (Lipinski definition) is 6. The van der Waals surface area contributed by atoms with Gasteiger partial charge in [0.25, 0.3) is 0 Å². The molecule has 3 aromatic carbocycles. The minimum Gasteiger partial charge on any atom is -0.449 e. The number of rotatable bonds is 3. The van der Waals surface area contributed by atoms with Crippen LogP contribution in [-0.4, -0.2) is 5.97 Å². The molecule has 4 aromatic rings. The fourth-order valence-corrected chi connectivity index (χ4v) is 4.61. The van der Waals surface area contributed by atoms with Crippen LogP contribution in [-0.2, 0) is 0 Å². The van der Waals surface area contributed by atoms with Crippen LogP contribution in [0.2, 0.25) is 5.02 Å². The van der Waals surface area contributed by atoms with Gasteiger partial charge >= 0.3 is 5.97 Å². The van der Waals surface area contributed by atoms with Crippen molar-refractivity contribution in [1.82, 2.24) is 0 Å². The van der Waals surface area contributed by atoms with Crippen LogP contribution in [0.25, 0.3) is 11.0 Å². The molecular formula is C27H18BrClN2O4. The summed E-state index contributed by atoms with van der Waals surface area (Å²) < 4.78 is 18.0. The second kappa shape index (κ2) is 8.81. The molecule has 1 aromatic heterocycles. The van der Waals surface area contributed by atoms with Crippen molar-refractivity contribution >= 4 is 44.5 Å². The van der Waals surface area contributed by atoms with E-state index in [1.54, 1.807) is 37.3 Å². The van der Waals surface area contributed by atoms with E-state index >= 15 is 0 Å². The summed E-state index contributed by atoms with van der Waals surface area (Å²) in [6, 6.07) is 18.4. The highest BCUT2D eigenvalue weighted by atomic mass is 79.9. The van der Waals surface area contributed by atoms with Gasteiger partial charge in [-0.25, -0.2) is 4.79 Å². The molecule has 1 aliphatic rings. The summed E-state index contributed by atoms with van der Waals surface area (Å²) in [5.74, 6) is -0.286. The van der Waals surface area contributed by atoms with Gasteiger partial charge in [-0.3, -0.25) is 0 Å². The monoisotopic (exact) mass is 548 g/mol. The van der Waals surface area contributed by atoms with Crippen LogP contribution in [0.1, 0.15) is 38.7 Å². The topological polar surface area (TPSA) is 98.5 Å². The maximum absolute atomic E-state index is 13.0. The normalized spacial score (nSPS) is 14.9. The Morgan fingerprint density at radius 2 is 1.89 bits per heavy atom. The van der Waals surface area contributed by atoms with Gasteiger partial charge in [0.1, 0.15) is 28.7 Å². The number of carbonyl (C=O) groups is 1. The lowest BCUT2D eigenvalue weighted by atomic mass is 9.83. The molecule has 35 heavy (non-hydrogen) atoms. The zero-order valence-corrected chi connectivity index (χ0v) is 21.0. The zero-order valence-electron chi connectivity index (χ0n) is 18.7. The second-order valence-corrected chi connectivity index (χ2v) is 9.54. The SMILES string of the molecule is Cc1cc2oc(C(=O)Oc3ccc4c(c3)OC(N)=C(C#N)C4c3ccc(Br)cc3)c(C)c2cc1Cl. The predicted molar refractivity (Wildman–Crippen MR) is 136 cm³/mol. The van der Waals surface area contributed by atoms with Gasteiger partial charge in [0.15, 0.2) is 0 Å². The number of hydrogen-bond donors (Lipinski definition) is 1. The molecule has 0 saturated heterocycles. The smallest absolute Gasteiger partial charge is 0.379 e. The van der Waals surface area contributed by atoms with E-state index in [4.69, 9.17) is 31.2 Å². The first-order chi connectivity index (χ1) is 16.8. The molecule has 0 amide bonds. The Kier molecular flexibility index (Phi) is 5.79. The van der Waals surface area contributed by atoms with E-state index in [1.165, 1.54) is 0 Å². The third-order valence-corrected chi connectivity index (χ3v) is 6.94. The van der Waals surface area contributed by atoms with Crippen molar-refractivity contribution in [3.8, 4) is 17.6 Å². The fraction of sp³-hybridized carbons (Fsp3) is 0.111. The second-order valence-electron chi connectivity index (χ2n) is 8.22. The number of furan rings is 1. The van der Waals surface area contributed by atoms with Gasteiger partial charge in [-0.2, -0.15) is 5.26 Å². The number of nitrogens with two attached hydrogens (primary N) is 1. The minimum absolute atomic E-state index is 0.0109. The summed E-state index contributed by atoms with van der Waals surface area (Å²) in [5.41, 5.74) is 10.1. The van der Waals surface area contributed by atoms with E-state index in [-0.39, 0.29) is 17.4 Å². The lowest BCUT2D eigenvalue weighted by Gasteiger charge is -2.26. The van der Waals surface area contributed by atoms with Gasteiger partial charge in [-0.1, -0.05) is 45.7 Å². The Labute approximate surface area is 214 Å². The van der Waals surface area contributed by atoms with Crippen LogP contribution in [0.4, 0.5) is 0 Å². The first kappa shape index (κ1) is 23.0. The molecule has 8 heteroatoms. The average Bonchev–Trinajstić information content (AvgIpc) is 3.14. The Bertz CT molecular complexity index is 1580. The zero-order chi connectivity index (χ0) is 24.9. The molecule has 0 bridgehead atoms. The Balaban J connectivity index is 1.49. The van der Waals surface area contributed by atoms with Crippen molar-refractivity contribution in [3.63, 3.8) is 0 Å². The van der Waals surface area contributed by atoms with E-state index < -0.39 is 11.9 Å². The molecule has 5 rings (SSSR count). The van der Waals surface area contributed by atoms with E-state index in [9.17, 15) is 10.1 Å². The highest BCUT2D eigenvalue weighted by Gasteiger charge is 2.31. The number of carbonyl (C=O) groups excluding carboxylic acids is 1. The minimum atomic E-state index is -0.645. The van der Waals surface area contributed by atoms with E-state index in [0.29, 0.717) is 27.5 Å². The highest BCUT2D eigenvalue weighted by Crippen LogP contribution is 2.43. The van der Waals surface area contributed by atoms with Crippen molar-refractivity contribution in [1.29, 1.82) is 5.26 Å². The Morgan fingerprint density at radius 3 is 2.60 bits per heavy atom. The number of nitrogens with zero attached hydrogens (tertiary/aromatic N) is 1. The molecule has 2 heterocycles. The summed E-state index contributed by atoms with van der Waals surface area (Å²) in [7, 11) is 0. The van der Waals surface area contributed by atoms with Crippen molar-refractivity contribution in [2.75, 3.05) is 0 Å². The molecular weight excluding hydrogens is 532 g/mol. The number of nitriles is 1. The summed E-state index contributed by atoms with van der Waals surface area (Å²) in [5, 5.41) is 11.1. The predicted octanol–water partition coefficient (Wildman–Crippen LogP) is 6.90. The number of esters is 1. The molecule has 1 aliphatic heterocycles. The standard InChI is InChI=1S/C27H18BrClN2O4/c1-13-9-22-19(11-21(13)29)14(2)25(34-22)27(32)33-17-7-8-18-23(10-17)35-26(31)20(12-30)24(18)15-3-5-16(28)6-4-15/h3-11,24H,31H2,1-2H3. The van der Waals surface area contributed by atoms with Gasteiger partial charge in [0, 0.05) is 32.1 Å². The van der Waals surface area contributed by atoms with Gasteiger partial charge in [0.2, 0.25) is 11.6 Å². The lowest BCUT2D eigenvalue weighted by Crippen LogP contribution is -2.21. The molecule has 1 unspecified atom stereocenters. The average molecular weight is 550 g/mol. The van der Waals surface area contributed by atoms with Gasteiger partial charge < -0.3 is 19.6 Å². The third-order valence-electron chi connectivity index (χ3n) is 6.01. The first-order valence-corrected chi connectivity index (χ1v) is 11.8. The van der Waals surface area contributed by atoms with E-state index in [2.05, 4.69) is 22.0 Å². The van der Waals surface area contributed by atoms with E-state index in [0.717, 1.165) is 26.5 Å². The summed E-state index contributed by atoms with van der Waals surface area (Å²) in [6.07, 6.45) is 0. The van der Waals surface area contributed by atoms with Gasteiger partial charge in [-0.15, -0.1) is 0 Å². The van der Waals surface area contributed by atoms with Crippen LogP contribution in [0, 0.1) is 25.2 Å². The number of aryl methyl sites for hydroxylation is 2. The molecule has 0 saturated carbocycles. The van der Waals surface area contributed by atoms with Crippen LogP contribution in [0.5, 0.6) is 11.5 Å². The number of halogens is 2. The molecule has 6 nitrogen and oxygen atoms in total. The number of fused-ring (bicyclic) bond motifs is 2. The highest BCUT2D eigenvalue weighted by molar-refractivity contribution is 9.10. The van der Waals surface area contributed by atoms with Gasteiger partial charge in [-0.05, 0) is 55.3 Å². The van der Waals surface area contributed by atoms with Crippen LogP contribution in [0.3, 0.4) is 0 Å². The maximum Gasteiger partial charge on any atom is 0.379 e. The summed E-state index contributed by atoms with van der Waals surface area (Å²) in [4.78, 5) is 13.0. The molecule has 0 spiro atoms. The lowest BCUT2D eigenvalue weighted by molar-refractivity contribution is 0.0702. The molecule has 0 fully saturated rings. The number of allylic oxidation sites excluding steroid dienone is 1. The molecule has 2 N–H and O–H groups in total. The van der Waals surface area contributed by atoms with Crippen LogP contribution >= 0.6 is 27.5 Å². The molecule has 174 valence electrons. The number of ether oxygens (including phenoxy) is 2. The van der Waals surface area contributed by atoms with Gasteiger partial charge in [0.05, 0.1) is 5.92 Å². The Morgan fingerprint density at radius 1 is 1.14 bits per heavy atom. The van der Waals surface area contributed by atoms with E-state index in [1.807, 2.05) is 31.2 Å². The van der Waals surface area contributed by atoms with Crippen molar-refractivity contribution in [2.24, 2.45) is 5.73 Å². The third kappa shape index (κ3) is 4.05. The molecule has 0 radical (unpaired) electrons. The Hall–Kier alpha value is -3.73.